The van der Waals surface area contributed by atoms with E-state index in [-0.39, 0.29) is 30.3 Å². The van der Waals surface area contributed by atoms with Crippen LogP contribution in [-0.4, -0.2) is 176 Å². The Labute approximate surface area is 425 Å². The summed E-state index contributed by atoms with van der Waals surface area (Å²) in [6.07, 6.45) is -16.3. The second-order valence-corrected chi connectivity index (χ2v) is 23.5. The summed E-state index contributed by atoms with van der Waals surface area (Å²) in [5.41, 5.74) is -5.23. The van der Waals surface area contributed by atoms with Crippen molar-refractivity contribution >= 4 is 29.8 Å². The van der Waals surface area contributed by atoms with Gasteiger partial charge in [0.15, 0.2) is 30.9 Å². The Bertz CT molecular complexity index is 2200. The molecule has 2 saturated heterocycles. The number of hydrogen-bond acceptors (Lipinski definition) is 20. The maximum Gasteiger partial charge on any atom is 0.335 e. The van der Waals surface area contributed by atoms with Gasteiger partial charge in [0.2, 0.25) is 0 Å². The zero-order valence-electron chi connectivity index (χ0n) is 43.7. The van der Waals surface area contributed by atoms with E-state index in [1.54, 1.807) is 19.9 Å². The van der Waals surface area contributed by atoms with Crippen molar-refractivity contribution in [2.24, 2.45) is 50.2 Å². The van der Waals surface area contributed by atoms with Gasteiger partial charge >= 0.3 is 29.8 Å². The number of carbonyl (C=O) groups excluding carboxylic acids is 4. The highest BCUT2D eigenvalue weighted by molar-refractivity contribution is 5.88. The molecular formula is C52H78O21. The average molecular weight is 1040 g/mol. The van der Waals surface area contributed by atoms with Crippen LogP contribution < -0.4 is 0 Å². The smallest absolute Gasteiger partial charge is 0.335 e. The van der Waals surface area contributed by atoms with Gasteiger partial charge in [-0.25, -0.2) is 9.59 Å². The molecule has 0 radical (unpaired) electrons. The number of aliphatic hydroxyl groups is 7. The minimum Gasteiger partial charge on any atom is -0.479 e. The average Bonchev–Trinajstić information content (AvgIpc) is 3.31. The molecule has 7 rings (SSSR count). The summed E-state index contributed by atoms with van der Waals surface area (Å²) in [6, 6.07) is 0. The lowest BCUT2D eigenvalue weighted by atomic mass is 9.32. The highest BCUT2D eigenvalue weighted by atomic mass is 16.7. The van der Waals surface area contributed by atoms with Gasteiger partial charge in [0.05, 0.1) is 31.3 Å². The fraction of sp³-hybridized carbons (Fsp3) is 0.827. The first-order chi connectivity index (χ1) is 34.0. The third kappa shape index (κ3) is 9.06. The Balaban J connectivity index is 1.29. The number of allylic oxidation sites excluding steroid dienone is 2. The minimum absolute atomic E-state index is 0.232. The largest absolute Gasteiger partial charge is 0.479 e. The monoisotopic (exact) mass is 1040 g/mol. The van der Waals surface area contributed by atoms with E-state index < -0.39 is 174 Å². The van der Waals surface area contributed by atoms with Crippen molar-refractivity contribution in [1.29, 1.82) is 0 Å². The van der Waals surface area contributed by atoms with Crippen molar-refractivity contribution in [3.05, 3.63) is 23.3 Å². The second kappa shape index (κ2) is 20.4. The summed E-state index contributed by atoms with van der Waals surface area (Å²) in [6.45, 7) is 17.2. The molecule has 5 aliphatic carbocycles. The van der Waals surface area contributed by atoms with E-state index in [9.17, 15) is 64.8 Å². The molecule has 0 aromatic heterocycles. The van der Waals surface area contributed by atoms with Crippen LogP contribution in [0.25, 0.3) is 0 Å². The maximum absolute atomic E-state index is 13.9. The lowest BCUT2D eigenvalue weighted by molar-refractivity contribution is -0.358. The normalized spacial score (nSPS) is 47.2. The summed E-state index contributed by atoms with van der Waals surface area (Å²) < 4.78 is 48.6. The number of aliphatic carboxylic acids is 1. The summed E-state index contributed by atoms with van der Waals surface area (Å²) >= 11 is 0. The molecule has 21 heteroatoms. The fourth-order valence-electron chi connectivity index (χ4n) is 15.2. The summed E-state index contributed by atoms with van der Waals surface area (Å²) in [5, 5.41) is 87.4. The molecule has 2 heterocycles. The molecule has 4 saturated carbocycles. The molecule has 0 bridgehead atoms. The number of rotatable bonds is 12. The molecule has 21 nitrogen and oxygen atoms in total. The van der Waals surface area contributed by atoms with Crippen molar-refractivity contribution in [2.75, 3.05) is 19.8 Å². The first-order valence-electron chi connectivity index (χ1n) is 25.5. The van der Waals surface area contributed by atoms with Crippen LogP contribution in [0, 0.1) is 50.2 Å². The van der Waals surface area contributed by atoms with E-state index in [0.29, 0.717) is 25.7 Å². The third-order valence-corrected chi connectivity index (χ3v) is 19.2. The van der Waals surface area contributed by atoms with Gasteiger partial charge in [0.1, 0.15) is 48.8 Å². The standard InChI is InChI=1S/C52H78O21/c1-12-23(2)44(65)73-41-39(67-24(3)55)47(6,7)19-28-27-13-14-31-48(8)17-16-32(70-46-36(62)37(35(61)38(72-46)43(63)64)71-45-34(60)33(59)29(58)20-66-45)49(9,21-53)30(48)15-18-50(31,10)51(27,11)40(68-25(4)56)42(69-26(5)57)52(28,41)22-54/h12-13,28-42,45-46,53-54,58-62H,14-22H2,1-11H3,(H,63,64)/b23-12-/t28?,29?,30?,31?,32?,33?,34?,35?,36?,37?,38?,39-,40-,41-,42+,45?,46?,48-,49-,50+,51-,52+/m0/s1. The Morgan fingerprint density at radius 1 is 0.712 bits per heavy atom. The Morgan fingerprint density at radius 3 is 1.89 bits per heavy atom. The SMILES string of the molecule is C/C=C(/C)C(=O)O[C@H]1[C@H](OC(C)=O)C(C)(C)CC2C3=CCC4[C@@]5(C)CCC(OC6OC(C(=O)O)C(O)C(OC7OCC(O)C(O)C7O)C6O)[C@@](C)(CO)C5CC[C@@]4(C)[C@]3(C)[C@@H](OC(C)=O)[C@@H](OC(C)=O)[C@]21CO. The predicted octanol–water partition coefficient (Wildman–Crippen LogP) is 1.61. The van der Waals surface area contributed by atoms with Crippen LogP contribution >= 0.6 is 0 Å². The number of carbonyl (C=O) groups is 5. The van der Waals surface area contributed by atoms with E-state index in [1.165, 1.54) is 20.8 Å². The van der Waals surface area contributed by atoms with Gasteiger partial charge in [-0.3, -0.25) is 14.4 Å². The quantitative estimate of drug-likeness (QED) is 0.0453. The Hall–Kier alpha value is -3.61. The van der Waals surface area contributed by atoms with Gasteiger partial charge in [-0.15, -0.1) is 0 Å². The van der Waals surface area contributed by atoms with Crippen molar-refractivity contribution in [3.8, 4) is 0 Å². The highest BCUT2D eigenvalue weighted by Crippen LogP contribution is 2.77. The van der Waals surface area contributed by atoms with Crippen LogP contribution in [0.3, 0.4) is 0 Å². The van der Waals surface area contributed by atoms with Gasteiger partial charge in [0.25, 0.3) is 0 Å². The molecule has 7 aliphatic rings. The van der Waals surface area contributed by atoms with E-state index in [2.05, 4.69) is 19.9 Å². The second-order valence-electron chi connectivity index (χ2n) is 23.5. The number of carboxylic acid groups (broad SMARTS) is 1. The number of hydrogen-bond donors (Lipinski definition) is 8. The van der Waals surface area contributed by atoms with Crippen molar-refractivity contribution in [2.45, 2.75) is 201 Å². The van der Waals surface area contributed by atoms with Gasteiger partial charge in [-0.2, -0.15) is 0 Å². The van der Waals surface area contributed by atoms with Crippen LogP contribution in [-0.2, 0) is 61.9 Å². The van der Waals surface area contributed by atoms with Gasteiger partial charge in [-0.1, -0.05) is 59.3 Å². The topological polar surface area (TPSA) is 321 Å². The van der Waals surface area contributed by atoms with E-state index in [1.807, 2.05) is 27.7 Å². The van der Waals surface area contributed by atoms with Crippen LogP contribution in [0.2, 0.25) is 0 Å². The van der Waals surface area contributed by atoms with E-state index in [4.69, 9.17) is 37.9 Å². The molecule has 8 N–H and O–H groups in total. The predicted molar refractivity (Wildman–Crippen MR) is 251 cm³/mol. The van der Waals surface area contributed by atoms with E-state index in [0.717, 1.165) is 5.57 Å². The molecule has 2 aliphatic heterocycles. The molecule has 0 amide bonds. The minimum atomic E-state index is -2.01. The van der Waals surface area contributed by atoms with Crippen LogP contribution in [0.4, 0.5) is 0 Å². The molecule has 73 heavy (non-hydrogen) atoms. The van der Waals surface area contributed by atoms with Crippen LogP contribution in [0.5, 0.6) is 0 Å². The summed E-state index contributed by atoms with van der Waals surface area (Å²) in [4.78, 5) is 66.4. The maximum atomic E-state index is 13.9. The molecule has 6 fully saturated rings. The van der Waals surface area contributed by atoms with Crippen LogP contribution in [0.15, 0.2) is 23.3 Å². The fourth-order valence-corrected chi connectivity index (χ4v) is 15.2. The zero-order chi connectivity index (χ0) is 54.3. The molecule has 0 aromatic rings. The number of esters is 4. The van der Waals surface area contributed by atoms with Gasteiger partial charge < -0.3 is 78.7 Å². The molecular weight excluding hydrogens is 961 g/mol. The van der Waals surface area contributed by atoms with Crippen molar-refractivity contribution in [3.63, 3.8) is 0 Å². The third-order valence-electron chi connectivity index (χ3n) is 19.2. The Morgan fingerprint density at radius 2 is 1.32 bits per heavy atom. The first-order valence-corrected chi connectivity index (χ1v) is 25.5. The number of ether oxygens (including phenoxy) is 8. The lowest BCUT2D eigenvalue weighted by Crippen LogP contribution is -2.77. The Kier molecular flexibility index (Phi) is 16.0. The highest BCUT2D eigenvalue weighted by Gasteiger charge is 2.78. The van der Waals surface area contributed by atoms with Crippen molar-refractivity contribution < 1.29 is 103 Å². The first kappa shape index (κ1) is 57.1. The zero-order valence-corrected chi connectivity index (χ0v) is 43.7. The summed E-state index contributed by atoms with van der Waals surface area (Å²) in [7, 11) is 0. The van der Waals surface area contributed by atoms with Crippen LogP contribution in [0.1, 0.15) is 115 Å². The molecule has 0 aromatic carbocycles. The number of aliphatic hydroxyl groups excluding tert-OH is 7. The molecule has 412 valence electrons. The summed E-state index contributed by atoms with van der Waals surface area (Å²) in [5.74, 6) is -5.74. The van der Waals surface area contributed by atoms with E-state index >= 15 is 0 Å². The van der Waals surface area contributed by atoms with Crippen molar-refractivity contribution in [1.82, 2.24) is 0 Å². The number of carboxylic acids is 1. The lowest BCUT2D eigenvalue weighted by Gasteiger charge is -2.73. The van der Waals surface area contributed by atoms with Gasteiger partial charge in [-0.05, 0) is 81.0 Å². The van der Waals surface area contributed by atoms with Gasteiger partial charge in [0, 0.05) is 42.6 Å². The molecule has 13 unspecified atom stereocenters. The molecule has 0 spiro atoms. The number of fused-ring (bicyclic) bond motifs is 7. The molecule has 22 atom stereocenters.